The molecule has 0 aliphatic carbocycles. The van der Waals surface area contributed by atoms with Crippen LogP contribution in [0.2, 0.25) is 0 Å². The molecule has 1 aromatic heterocycles. The van der Waals surface area contributed by atoms with Crippen molar-refractivity contribution in [2.45, 2.75) is 31.7 Å². The number of methoxy groups -OCH3 is 1. The van der Waals surface area contributed by atoms with Gasteiger partial charge in [-0.25, -0.2) is 0 Å². The van der Waals surface area contributed by atoms with Crippen LogP contribution in [0.1, 0.15) is 36.2 Å². The van der Waals surface area contributed by atoms with E-state index < -0.39 is 18.6 Å². The number of carbonyl (C=O) groups is 2. The van der Waals surface area contributed by atoms with Crippen molar-refractivity contribution in [1.29, 1.82) is 0 Å². The number of ether oxygens (including phenoxy) is 1. The Balaban J connectivity index is 1.73. The summed E-state index contributed by atoms with van der Waals surface area (Å²) in [5.41, 5.74) is 0.472. The summed E-state index contributed by atoms with van der Waals surface area (Å²) in [6, 6.07) is 5.97. The van der Waals surface area contributed by atoms with Gasteiger partial charge >= 0.3 is 0 Å². The maximum atomic E-state index is 12.6. The van der Waals surface area contributed by atoms with Crippen LogP contribution >= 0.6 is 0 Å². The van der Waals surface area contributed by atoms with E-state index in [2.05, 4.69) is 5.32 Å². The zero-order valence-electron chi connectivity index (χ0n) is 14.9. The quantitative estimate of drug-likeness (QED) is 0.850. The van der Waals surface area contributed by atoms with E-state index in [1.807, 2.05) is 6.07 Å². The van der Waals surface area contributed by atoms with Gasteiger partial charge in [-0.15, -0.1) is 0 Å². The molecule has 0 spiro atoms. The highest BCUT2D eigenvalue weighted by atomic mass is 16.5. The maximum absolute atomic E-state index is 12.6. The van der Waals surface area contributed by atoms with Crippen LogP contribution in [0.25, 0.3) is 11.0 Å². The van der Waals surface area contributed by atoms with Gasteiger partial charge in [0.15, 0.2) is 17.1 Å². The van der Waals surface area contributed by atoms with Crippen LogP contribution in [0.5, 0.6) is 5.75 Å². The number of nitrogens with one attached hydrogen (secondary N) is 1. The molecule has 3 rings (SSSR count). The second-order valence-electron chi connectivity index (χ2n) is 6.44. The van der Waals surface area contributed by atoms with Crippen molar-refractivity contribution in [1.82, 2.24) is 10.2 Å². The molecule has 0 radical (unpaired) electrons. The fourth-order valence-electron chi connectivity index (χ4n) is 3.24. The average Bonchev–Trinajstić information content (AvgIpc) is 2.92. The molecule has 7 heteroatoms. The number of para-hydroxylation sites is 1. The number of rotatable bonds is 5. The Labute approximate surface area is 151 Å². The second kappa shape index (κ2) is 8.23. The van der Waals surface area contributed by atoms with E-state index in [-0.39, 0.29) is 11.7 Å². The minimum absolute atomic E-state index is 0.0756. The summed E-state index contributed by atoms with van der Waals surface area (Å²) in [5, 5.41) is 12.9. The van der Waals surface area contributed by atoms with Crippen molar-refractivity contribution in [3.05, 3.63) is 30.0 Å². The Morgan fingerprint density at radius 3 is 2.65 bits per heavy atom. The van der Waals surface area contributed by atoms with Gasteiger partial charge in [0.05, 0.1) is 13.7 Å². The Kier molecular flexibility index (Phi) is 5.78. The number of hydrogen-bond acceptors (Lipinski definition) is 5. The number of amides is 2. The van der Waals surface area contributed by atoms with Crippen molar-refractivity contribution in [3.63, 3.8) is 0 Å². The predicted molar refractivity (Wildman–Crippen MR) is 96.2 cm³/mol. The second-order valence-corrected chi connectivity index (χ2v) is 6.44. The molecule has 1 saturated heterocycles. The smallest absolute Gasteiger partial charge is 0.287 e. The summed E-state index contributed by atoms with van der Waals surface area (Å²) >= 11 is 0. The summed E-state index contributed by atoms with van der Waals surface area (Å²) in [6.07, 6.45) is 4.09. The van der Waals surface area contributed by atoms with Crippen molar-refractivity contribution in [2.75, 3.05) is 26.8 Å². The molecular formula is C19H24N2O5. The molecule has 0 bridgehead atoms. The van der Waals surface area contributed by atoms with E-state index >= 15 is 0 Å². The first-order chi connectivity index (χ1) is 12.6. The van der Waals surface area contributed by atoms with Gasteiger partial charge in [-0.1, -0.05) is 25.0 Å². The number of aliphatic hydroxyl groups excluding tert-OH is 1. The van der Waals surface area contributed by atoms with E-state index in [1.165, 1.54) is 7.11 Å². The normalized spacial score (nSPS) is 16.2. The fourth-order valence-corrected chi connectivity index (χ4v) is 3.24. The molecule has 2 heterocycles. The molecular weight excluding hydrogens is 336 g/mol. The third-order valence-corrected chi connectivity index (χ3v) is 4.66. The van der Waals surface area contributed by atoms with Crippen LogP contribution in [0.15, 0.2) is 28.7 Å². The van der Waals surface area contributed by atoms with Crippen molar-refractivity contribution < 1.29 is 23.8 Å². The molecule has 26 heavy (non-hydrogen) atoms. The molecule has 2 amide bonds. The zero-order valence-corrected chi connectivity index (χ0v) is 14.9. The van der Waals surface area contributed by atoms with Gasteiger partial charge in [0.25, 0.3) is 5.91 Å². The van der Waals surface area contributed by atoms with Crippen LogP contribution in [0.3, 0.4) is 0 Å². The molecule has 140 valence electrons. The summed E-state index contributed by atoms with van der Waals surface area (Å²) < 4.78 is 10.8. The summed E-state index contributed by atoms with van der Waals surface area (Å²) in [6.45, 7) is 0.866. The van der Waals surface area contributed by atoms with Crippen LogP contribution in [0.4, 0.5) is 0 Å². The first-order valence-corrected chi connectivity index (χ1v) is 8.91. The average molecular weight is 360 g/mol. The number of likely N-dealkylation sites (tertiary alicyclic amines) is 1. The topological polar surface area (TPSA) is 92.0 Å². The highest BCUT2D eigenvalue weighted by Crippen LogP contribution is 2.28. The fraction of sp³-hybridized carbons (Fsp3) is 0.474. The number of benzene rings is 1. The largest absolute Gasteiger partial charge is 0.493 e. The van der Waals surface area contributed by atoms with E-state index in [1.54, 1.807) is 23.1 Å². The molecule has 1 atom stereocenters. The van der Waals surface area contributed by atoms with Gasteiger partial charge in [-0.2, -0.15) is 0 Å². The van der Waals surface area contributed by atoms with E-state index in [0.29, 0.717) is 24.4 Å². The Morgan fingerprint density at radius 1 is 1.27 bits per heavy atom. The van der Waals surface area contributed by atoms with Gasteiger partial charge < -0.3 is 24.5 Å². The first kappa shape index (κ1) is 18.3. The number of aliphatic hydroxyl groups is 1. The van der Waals surface area contributed by atoms with Gasteiger partial charge in [0.1, 0.15) is 6.04 Å². The van der Waals surface area contributed by atoms with Gasteiger partial charge in [-0.3, -0.25) is 9.59 Å². The number of carbonyl (C=O) groups excluding carboxylic acids is 2. The lowest BCUT2D eigenvalue weighted by molar-refractivity contribution is -0.134. The Bertz CT molecular complexity index is 777. The van der Waals surface area contributed by atoms with Crippen LogP contribution < -0.4 is 10.1 Å². The van der Waals surface area contributed by atoms with Crippen molar-refractivity contribution >= 4 is 22.8 Å². The molecule has 7 nitrogen and oxygen atoms in total. The zero-order chi connectivity index (χ0) is 18.5. The molecule has 1 aliphatic rings. The molecule has 1 fully saturated rings. The van der Waals surface area contributed by atoms with Crippen molar-refractivity contribution in [3.8, 4) is 5.75 Å². The monoisotopic (exact) mass is 360 g/mol. The van der Waals surface area contributed by atoms with Gasteiger partial charge in [0.2, 0.25) is 5.91 Å². The SMILES string of the molecule is COc1cccc2cc(C(=O)N[C@@H](CO)C(=O)N3CCCCCC3)oc12. The summed E-state index contributed by atoms with van der Waals surface area (Å²) in [5.74, 6) is -0.186. The molecule has 2 N–H and O–H groups in total. The highest BCUT2D eigenvalue weighted by molar-refractivity contribution is 5.99. The molecule has 0 saturated carbocycles. The molecule has 0 unspecified atom stereocenters. The number of hydrogen-bond donors (Lipinski definition) is 2. The van der Waals surface area contributed by atoms with Crippen LogP contribution in [-0.4, -0.2) is 54.7 Å². The lowest BCUT2D eigenvalue weighted by atomic mass is 10.2. The van der Waals surface area contributed by atoms with Crippen molar-refractivity contribution in [2.24, 2.45) is 0 Å². The third-order valence-electron chi connectivity index (χ3n) is 4.66. The minimum atomic E-state index is -0.976. The highest BCUT2D eigenvalue weighted by Gasteiger charge is 2.27. The lowest BCUT2D eigenvalue weighted by Gasteiger charge is -2.25. The number of furan rings is 1. The van der Waals surface area contributed by atoms with Gasteiger partial charge in [-0.05, 0) is 25.0 Å². The summed E-state index contributed by atoms with van der Waals surface area (Å²) in [4.78, 5) is 26.9. The third kappa shape index (κ3) is 3.83. The van der Waals surface area contributed by atoms with E-state index in [0.717, 1.165) is 31.1 Å². The molecule has 2 aromatic rings. The Morgan fingerprint density at radius 2 is 2.00 bits per heavy atom. The summed E-state index contributed by atoms with van der Waals surface area (Å²) in [7, 11) is 1.53. The standard InChI is InChI=1S/C19H24N2O5/c1-25-15-8-6-7-13-11-16(26-17(13)15)18(23)20-14(12-22)19(24)21-9-4-2-3-5-10-21/h6-8,11,14,22H,2-5,9-10,12H2,1H3,(H,20,23)/t14-/m0/s1. The van der Waals surface area contributed by atoms with Gasteiger partial charge in [0, 0.05) is 18.5 Å². The van der Waals surface area contributed by atoms with E-state index in [4.69, 9.17) is 9.15 Å². The van der Waals surface area contributed by atoms with Crippen LogP contribution in [0, 0.1) is 0 Å². The minimum Gasteiger partial charge on any atom is -0.493 e. The predicted octanol–water partition coefficient (Wildman–Crippen LogP) is 1.93. The molecule has 1 aliphatic heterocycles. The van der Waals surface area contributed by atoms with Crippen LogP contribution in [-0.2, 0) is 4.79 Å². The Hall–Kier alpha value is -2.54. The number of nitrogens with zero attached hydrogens (tertiary/aromatic N) is 1. The first-order valence-electron chi connectivity index (χ1n) is 8.91. The maximum Gasteiger partial charge on any atom is 0.287 e. The number of fused-ring (bicyclic) bond motifs is 1. The lowest BCUT2D eigenvalue weighted by Crippen LogP contribution is -2.50. The molecule has 1 aromatic carbocycles. The van der Waals surface area contributed by atoms with E-state index in [9.17, 15) is 14.7 Å².